The van der Waals surface area contributed by atoms with E-state index in [1.807, 2.05) is 31.3 Å². The number of rotatable bonds is 3. The molecular formula is C26H19N3. The molecule has 0 radical (unpaired) electrons. The molecule has 3 nitrogen and oxygen atoms in total. The fourth-order valence-corrected chi connectivity index (χ4v) is 3.56. The van der Waals surface area contributed by atoms with Gasteiger partial charge in [-0.05, 0) is 42.0 Å². The molecular weight excluding hydrogens is 354 g/mol. The lowest BCUT2D eigenvalue weighted by molar-refractivity contribution is 1.06. The van der Waals surface area contributed by atoms with Crippen LogP contribution in [0.5, 0.6) is 0 Å². The molecule has 0 atom stereocenters. The quantitative estimate of drug-likeness (QED) is 0.371. The Morgan fingerprint density at radius 1 is 0.517 bits per heavy atom. The van der Waals surface area contributed by atoms with Crippen molar-refractivity contribution in [3.05, 3.63) is 103 Å². The van der Waals surface area contributed by atoms with E-state index in [-0.39, 0.29) is 0 Å². The largest absolute Gasteiger partial charge is 0.256 e. The molecule has 5 rings (SSSR count). The molecule has 0 aliphatic carbocycles. The lowest BCUT2D eigenvalue weighted by Gasteiger charge is -2.09. The van der Waals surface area contributed by atoms with Crippen molar-refractivity contribution in [3.8, 4) is 33.8 Å². The van der Waals surface area contributed by atoms with Crippen molar-refractivity contribution < 1.29 is 0 Å². The van der Waals surface area contributed by atoms with Gasteiger partial charge in [-0.15, -0.1) is 0 Å². The minimum absolute atomic E-state index is 0.763. The molecule has 0 amide bonds. The van der Waals surface area contributed by atoms with Crippen molar-refractivity contribution in [3.63, 3.8) is 0 Å². The summed E-state index contributed by atoms with van der Waals surface area (Å²) in [6, 6.07) is 31.2. The van der Waals surface area contributed by atoms with E-state index >= 15 is 0 Å². The highest BCUT2D eigenvalue weighted by Gasteiger charge is 2.08. The fourth-order valence-electron chi connectivity index (χ4n) is 3.56. The van der Waals surface area contributed by atoms with Crippen molar-refractivity contribution in [2.75, 3.05) is 0 Å². The normalized spacial score (nSPS) is 10.9. The standard InChI is InChI=1S/C26H19N3/c1-18-28-25(21-12-10-20(11-13-21)24-8-4-5-15-27-24)17-26(29-18)23-14-9-19-6-2-3-7-22(19)16-23/h2-17H,1H3. The third-order valence-electron chi connectivity index (χ3n) is 5.02. The topological polar surface area (TPSA) is 38.7 Å². The van der Waals surface area contributed by atoms with E-state index in [2.05, 4.69) is 87.7 Å². The Morgan fingerprint density at radius 2 is 1.14 bits per heavy atom. The number of hydrogen-bond acceptors (Lipinski definition) is 3. The summed E-state index contributed by atoms with van der Waals surface area (Å²) in [5.41, 5.74) is 6.09. The molecule has 0 aliphatic heterocycles. The molecule has 2 heterocycles. The van der Waals surface area contributed by atoms with Crippen LogP contribution in [-0.4, -0.2) is 15.0 Å². The van der Waals surface area contributed by atoms with Crippen LogP contribution in [-0.2, 0) is 0 Å². The summed E-state index contributed by atoms with van der Waals surface area (Å²) >= 11 is 0. The molecule has 138 valence electrons. The molecule has 3 heteroatoms. The van der Waals surface area contributed by atoms with Gasteiger partial charge in [0.2, 0.25) is 0 Å². The van der Waals surface area contributed by atoms with Crippen molar-refractivity contribution in [1.29, 1.82) is 0 Å². The van der Waals surface area contributed by atoms with Crippen molar-refractivity contribution in [2.24, 2.45) is 0 Å². The lowest BCUT2D eigenvalue weighted by atomic mass is 10.0. The molecule has 3 aromatic carbocycles. The first-order chi connectivity index (χ1) is 14.3. The molecule has 0 fully saturated rings. The molecule has 0 unspecified atom stereocenters. The van der Waals surface area contributed by atoms with Gasteiger partial charge in [-0.25, -0.2) is 9.97 Å². The molecule has 0 N–H and O–H groups in total. The molecule has 2 aromatic heterocycles. The number of pyridine rings is 1. The van der Waals surface area contributed by atoms with E-state index in [1.165, 1.54) is 10.8 Å². The summed E-state index contributed by atoms with van der Waals surface area (Å²) < 4.78 is 0. The second kappa shape index (κ2) is 7.28. The first-order valence-electron chi connectivity index (χ1n) is 9.63. The number of hydrogen-bond donors (Lipinski definition) is 0. The Morgan fingerprint density at radius 3 is 1.86 bits per heavy atom. The predicted octanol–water partition coefficient (Wildman–Crippen LogP) is 6.33. The van der Waals surface area contributed by atoms with E-state index in [9.17, 15) is 0 Å². The fraction of sp³-hybridized carbons (Fsp3) is 0.0385. The van der Waals surface area contributed by atoms with Crippen molar-refractivity contribution in [1.82, 2.24) is 15.0 Å². The van der Waals surface area contributed by atoms with Crippen LogP contribution in [0.3, 0.4) is 0 Å². The Balaban J connectivity index is 1.53. The molecule has 0 saturated carbocycles. The Bertz CT molecular complexity index is 1290. The minimum Gasteiger partial charge on any atom is -0.256 e. The highest BCUT2D eigenvalue weighted by Crippen LogP contribution is 2.28. The average molecular weight is 373 g/mol. The third-order valence-corrected chi connectivity index (χ3v) is 5.02. The molecule has 29 heavy (non-hydrogen) atoms. The zero-order chi connectivity index (χ0) is 19.6. The molecule has 0 spiro atoms. The maximum atomic E-state index is 4.68. The maximum Gasteiger partial charge on any atom is 0.126 e. The van der Waals surface area contributed by atoms with Gasteiger partial charge in [-0.3, -0.25) is 4.98 Å². The van der Waals surface area contributed by atoms with E-state index in [1.54, 1.807) is 0 Å². The number of fused-ring (bicyclic) bond motifs is 1. The van der Waals surface area contributed by atoms with Gasteiger partial charge in [0.05, 0.1) is 17.1 Å². The van der Waals surface area contributed by atoms with Crippen LogP contribution in [0.25, 0.3) is 44.5 Å². The van der Waals surface area contributed by atoms with Gasteiger partial charge in [0.15, 0.2) is 0 Å². The molecule has 0 aliphatic rings. The summed E-state index contributed by atoms with van der Waals surface area (Å²) in [6.07, 6.45) is 1.81. The summed E-state index contributed by atoms with van der Waals surface area (Å²) in [5, 5.41) is 2.44. The van der Waals surface area contributed by atoms with Crippen LogP contribution in [0.2, 0.25) is 0 Å². The molecule has 5 aromatic rings. The van der Waals surface area contributed by atoms with E-state index in [0.717, 1.165) is 39.6 Å². The Kier molecular flexibility index (Phi) is 4.34. The highest BCUT2D eigenvalue weighted by atomic mass is 14.9. The van der Waals surface area contributed by atoms with Gasteiger partial charge in [-0.1, -0.05) is 66.7 Å². The predicted molar refractivity (Wildman–Crippen MR) is 118 cm³/mol. The van der Waals surface area contributed by atoms with Gasteiger partial charge in [0.25, 0.3) is 0 Å². The van der Waals surface area contributed by atoms with Gasteiger partial charge < -0.3 is 0 Å². The van der Waals surface area contributed by atoms with Gasteiger partial charge >= 0.3 is 0 Å². The smallest absolute Gasteiger partial charge is 0.126 e. The van der Waals surface area contributed by atoms with Crippen LogP contribution in [0, 0.1) is 6.92 Å². The maximum absolute atomic E-state index is 4.68. The van der Waals surface area contributed by atoms with E-state index in [0.29, 0.717) is 0 Å². The summed E-state index contributed by atoms with van der Waals surface area (Å²) in [6.45, 7) is 1.94. The third kappa shape index (κ3) is 3.50. The number of benzene rings is 3. The summed E-state index contributed by atoms with van der Waals surface area (Å²) in [7, 11) is 0. The van der Waals surface area contributed by atoms with Crippen LogP contribution in [0.4, 0.5) is 0 Å². The SMILES string of the molecule is Cc1nc(-c2ccc(-c3ccccn3)cc2)cc(-c2ccc3ccccc3c2)n1. The monoisotopic (exact) mass is 373 g/mol. The van der Waals surface area contributed by atoms with E-state index in [4.69, 9.17) is 0 Å². The van der Waals surface area contributed by atoms with Gasteiger partial charge in [0, 0.05) is 22.9 Å². The second-order valence-electron chi connectivity index (χ2n) is 7.04. The zero-order valence-electron chi connectivity index (χ0n) is 16.1. The summed E-state index contributed by atoms with van der Waals surface area (Å²) in [4.78, 5) is 13.8. The lowest BCUT2D eigenvalue weighted by Crippen LogP contribution is -1.95. The summed E-state index contributed by atoms with van der Waals surface area (Å²) in [5.74, 6) is 0.763. The Hall–Kier alpha value is -3.85. The number of aromatic nitrogens is 3. The first kappa shape index (κ1) is 17.3. The van der Waals surface area contributed by atoms with E-state index < -0.39 is 0 Å². The van der Waals surface area contributed by atoms with Gasteiger partial charge in [0.1, 0.15) is 5.82 Å². The minimum atomic E-state index is 0.763. The van der Waals surface area contributed by atoms with Crippen LogP contribution in [0.15, 0.2) is 97.2 Å². The van der Waals surface area contributed by atoms with Crippen molar-refractivity contribution in [2.45, 2.75) is 6.92 Å². The Labute approximate surface area is 169 Å². The van der Waals surface area contributed by atoms with Crippen LogP contribution >= 0.6 is 0 Å². The molecule has 0 bridgehead atoms. The zero-order valence-corrected chi connectivity index (χ0v) is 16.1. The van der Waals surface area contributed by atoms with Crippen molar-refractivity contribution >= 4 is 10.8 Å². The van der Waals surface area contributed by atoms with Crippen LogP contribution in [0.1, 0.15) is 5.82 Å². The highest BCUT2D eigenvalue weighted by molar-refractivity contribution is 5.87. The average Bonchev–Trinajstić information content (AvgIpc) is 2.79. The number of aryl methyl sites for hydroxylation is 1. The second-order valence-corrected chi connectivity index (χ2v) is 7.04. The molecule has 0 saturated heterocycles. The number of nitrogens with zero attached hydrogens (tertiary/aromatic N) is 3. The first-order valence-corrected chi connectivity index (χ1v) is 9.63. The van der Waals surface area contributed by atoms with Crippen LogP contribution < -0.4 is 0 Å². The van der Waals surface area contributed by atoms with Gasteiger partial charge in [-0.2, -0.15) is 0 Å².